The van der Waals surface area contributed by atoms with E-state index in [2.05, 4.69) is 4.72 Å². The average Bonchev–Trinajstić information content (AvgIpc) is 2.34. The quantitative estimate of drug-likeness (QED) is 0.793. The Balaban J connectivity index is 2.16. The molecule has 100 valence electrons. The van der Waals surface area contributed by atoms with Crippen molar-refractivity contribution in [2.24, 2.45) is 0 Å². The zero-order valence-electron chi connectivity index (χ0n) is 10.1. The van der Waals surface area contributed by atoms with Gasteiger partial charge in [0.25, 0.3) is 0 Å². The van der Waals surface area contributed by atoms with Gasteiger partial charge in [0, 0.05) is 13.1 Å². The third-order valence-electron chi connectivity index (χ3n) is 2.70. The van der Waals surface area contributed by atoms with Crippen LogP contribution in [0.1, 0.15) is 5.56 Å². The van der Waals surface area contributed by atoms with E-state index >= 15 is 0 Å². The molecule has 1 aromatic carbocycles. The van der Waals surface area contributed by atoms with Crippen molar-refractivity contribution in [3.05, 3.63) is 23.8 Å². The number of nitrogens with zero attached hydrogens (tertiary/aromatic N) is 1. The molecule has 0 aliphatic carbocycles. The molecule has 1 fully saturated rings. The van der Waals surface area contributed by atoms with Gasteiger partial charge in [-0.15, -0.1) is 0 Å². The topological polar surface area (TPSA) is 78.9 Å². The van der Waals surface area contributed by atoms with Gasteiger partial charge >= 0.3 is 10.2 Å². The molecule has 0 aromatic heterocycles. The first kappa shape index (κ1) is 13.1. The molecule has 2 N–H and O–H groups in total. The van der Waals surface area contributed by atoms with Crippen LogP contribution in [0.5, 0.6) is 5.75 Å². The fourth-order valence-corrected chi connectivity index (χ4v) is 2.93. The lowest BCUT2D eigenvalue weighted by molar-refractivity contribution is 0.0733. The van der Waals surface area contributed by atoms with Crippen molar-refractivity contribution in [1.29, 1.82) is 0 Å². The third-order valence-corrected chi connectivity index (χ3v) is 4.22. The summed E-state index contributed by atoms with van der Waals surface area (Å²) in [4.78, 5) is 0. The number of phenolic OH excluding ortho intramolecular Hbond substituents is 1. The van der Waals surface area contributed by atoms with Gasteiger partial charge < -0.3 is 9.84 Å². The monoisotopic (exact) mass is 272 g/mol. The number of morpholine rings is 1. The summed E-state index contributed by atoms with van der Waals surface area (Å²) in [7, 11) is -3.63. The lowest BCUT2D eigenvalue weighted by atomic mass is 10.2. The zero-order chi connectivity index (χ0) is 13.2. The third kappa shape index (κ3) is 2.92. The number of benzene rings is 1. The molecular formula is C11H16N2O4S. The number of nitrogens with one attached hydrogen (secondary N) is 1. The first-order chi connectivity index (χ1) is 8.49. The molecule has 0 atom stereocenters. The van der Waals surface area contributed by atoms with E-state index in [1.807, 2.05) is 6.92 Å². The number of aryl methyl sites for hydroxylation is 1. The molecular weight excluding hydrogens is 256 g/mol. The van der Waals surface area contributed by atoms with Gasteiger partial charge in [-0.3, -0.25) is 4.72 Å². The molecule has 1 saturated heterocycles. The van der Waals surface area contributed by atoms with E-state index in [1.165, 1.54) is 10.4 Å². The van der Waals surface area contributed by atoms with E-state index < -0.39 is 10.2 Å². The number of aromatic hydroxyl groups is 1. The molecule has 0 amide bonds. The first-order valence-electron chi connectivity index (χ1n) is 5.64. The van der Waals surface area contributed by atoms with Crippen molar-refractivity contribution in [2.45, 2.75) is 6.92 Å². The minimum atomic E-state index is -3.63. The predicted octanol–water partition coefficient (Wildman–Crippen LogP) is 0.690. The normalized spacial score (nSPS) is 17.6. The molecule has 18 heavy (non-hydrogen) atoms. The summed E-state index contributed by atoms with van der Waals surface area (Å²) in [6.45, 7) is 3.24. The highest BCUT2D eigenvalue weighted by molar-refractivity contribution is 7.90. The Kier molecular flexibility index (Phi) is 3.74. The van der Waals surface area contributed by atoms with Gasteiger partial charge in [0.05, 0.1) is 18.9 Å². The smallest absolute Gasteiger partial charge is 0.301 e. The van der Waals surface area contributed by atoms with Crippen molar-refractivity contribution in [1.82, 2.24) is 4.31 Å². The molecule has 0 unspecified atom stereocenters. The van der Waals surface area contributed by atoms with E-state index in [9.17, 15) is 13.5 Å². The van der Waals surface area contributed by atoms with E-state index in [0.29, 0.717) is 26.3 Å². The lowest BCUT2D eigenvalue weighted by Crippen LogP contribution is -2.43. The summed E-state index contributed by atoms with van der Waals surface area (Å²) < 4.78 is 32.9. The van der Waals surface area contributed by atoms with Crippen molar-refractivity contribution < 1.29 is 18.3 Å². The number of phenols is 1. The summed E-state index contributed by atoms with van der Waals surface area (Å²) in [6.07, 6.45) is 0. The van der Waals surface area contributed by atoms with Gasteiger partial charge in [0.2, 0.25) is 0 Å². The van der Waals surface area contributed by atoms with Crippen LogP contribution in [0.3, 0.4) is 0 Å². The second-order valence-corrected chi connectivity index (χ2v) is 5.81. The predicted molar refractivity (Wildman–Crippen MR) is 67.8 cm³/mol. The van der Waals surface area contributed by atoms with Crippen molar-refractivity contribution >= 4 is 15.9 Å². The van der Waals surface area contributed by atoms with Crippen LogP contribution in [0, 0.1) is 6.92 Å². The molecule has 6 nitrogen and oxygen atoms in total. The van der Waals surface area contributed by atoms with E-state index in [-0.39, 0.29) is 11.4 Å². The zero-order valence-corrected chi connectivity index (χ0v) is 10.9. The van der Waals surface area contributed by atoms with Gasteiger partial charge in [0.1, 0.15) is 5.75 Å². The van der Waals surface area contributed by atoms with Gasteiger partial charge in [0.15, 0.2) is 0 Å². The minimum absolute atomic E-state index is 0.0770. The van der Waals surface area contributed by atoms with E-state index in [1.54, 1.807) is 12.1 Å². The molecule has 1 aromatic rings. The van der Waals surface area contributed by atoms with Crippen LogP contribution in [0.25, 0.3) is 0 Å². The Hall–Kier alpha value is -1.31. The fourth-order valence-electron chi connectivity index (χ4n) is 1.72. The summed E-state index contributed by atoms with van der Waals surface area (Å²) >= 11 is 0. The Morgan fingerprint density at radius 3 is 2.61 bits per heavy atom. The Morgan fingerprint density at radius 2 is 2.00 bits per heavy atom. The number of ether oxygens (including phenoxy) is 1. The summed E-state index contributed by atoms with van der Waals surface area (Å²) in [5.41, 5.74) is 1.05. The highest BCUT2D eigenvalue weighted by Crippen LogP contribution is 2.25. The molecule has 2 rings (SSSR count). The highest BCUT2D eigenvalue weighted by Gasteiger charge is 2.24. The molecule has 1 aliphatic heterocycles. The molecule has 0 radical (unpaired) electrons. The number of anilines is 1. The molecule has 0 saturated carbocycles. The summed E-state index contributed by atoms with van der Waals surface area (Å²) in [5.74, 6) is -0.0770. The molecule has 1 aliphatic rings. The van der Waals surface area contributed by atoms with Crippen LogP contribution in [0.2, 0.25) is 0 Å². The highest BCUT2D eigenvalue weighted by atomic mass is 32.2. The second-order valence-electron chi connectivity index (χ2n) is 4.14. The van der Waals surface area contributed by atoms with Crippen molar-refractivity contribution in [3.63, 3.8) is 0 Å². The molecule has 7 heteroatoms. The standard InChI is InChI=1S/C11H16N2O4S/c1-9-2-3-10(11(14)8-9)12-18(15,16)13-4-6-17-7-5-13/h2-3,8,12,14H,4-7H2,1H3. The minimum Gasteiger partial charge on any atom is -0.506 e. The number of hydrogen-bond donors (Lipinski definition) is 2. The fraction of sp³-hybridized carbons (Fsp3) is 0.455. The average molecular weight is 272 g/mol. The van der Waals surface area contributed by atoms with Gasteiger partial charge in [-0.25, -0.2) is 0 Å². The van der Waals surface area contributed by atoms with Crippen LogP contribution in [-0.2, 0) is 14.9 Å². The van der Waals surface area contributed by atoms with Gasteiger partial charge in [-0.1, -0.05) is 6.07 Å². The Morgan fingerprint density at radius 1 is 1.33 bits per heavy atom. The number of hydrogen-bond acceptors (Lipinski definition) is 4. The van der Waals surface area contributed by atoms with Crippen LogP contribution in [-0.4, -0.2) is 44.1 Å². The first-order valence-corrected chi connectivity index (χ1v) is 7.08. The largest absolute Gasteiger partial charge is 0.506 e. The Labute approximate surface area is 106 Å². The summed E-state index contributed by atoms with van der Waals surface area (Å²) in [5, 5.41) is 9.68. The maximum atomic E-state index is 12.0. The summed E-state index contributed by atoms with van der Waals surface area (Å²) in [6, 6.07) is 4.79. The van der Waals surface area contributed by atoms with Crippen LogP contribution < -0.4 is 4.72 Å². The number of rotatable bonds is 3. The van der Waals surface area contributed by atoms with Crippen LogP contribution in [0.4, 0.5) is 5.69 Å². The lowest BCUT2D eigenvalue weighted by Gasteiger charge is -2.26. The SMILES string of the molecule is Cc1ccc(NS(=O)(=O)N2CCOCC2)c(O)c1. The molecule has 0 spiro atoms. The van der Waals surface area contributed by atoms with Crippen LogP contribution >= 0.6 is 0 Å². The van der Waals surface area contributed by atoms with Gasteiger partial charge in [-0.05, 0) is 24.6 Å². The van der Waals surface area contributed by atoms with E-state index in [0.717, 1.165) is 5.56 Å². The van der Waals surface area contributed by atoms with Gasteiger partial charge in [-0.2, -0.15) is 12.7 Å². The van der Waals surface area contributed by atoms with E-state index in [4.69, 9.17) is 4.74 Å². The molecule has 1 heterocycles. The maximum absolute atomic E-state index is 12.0. The van der Waals surface area contributed by atoms with Crippen molar-refractivity contribution in [3.8, 4) is 5.75 Å². The Bertz CT molecular complexity index is 524. The maximum Gasteiger partial charge on any atom is 0.301 e. The van der Waals surface area contributed by atoms with Crippen molar-refractivity contribution in [2.75, 3.05) is 31.0 Å². The second kappa shape index (κ2) is 5.13. The van der Waals surface area contributed by atoms with Crippen LogP contribution in [0.15, 0.2) is 18.2 Å². The molecule has 0 bridgehead atoms.